The molecule has 1 aliphatic heterocycles. The summed E-state index contributed by atoms with van der Waals surface area (Å²) in [6.45, 7) is 0.720. The van der Waals surface area contributed by atoms with Crippen molar-refractivity contribution in [3.05, 3.63) is 35.6 Å². The summed E-state index contributed by atoms with van der Waals surface area (Å²) in [5, 5.41) is 6.53. The molecule has 2 fully saturated rings. The van der Waals surface area contributed by atoms with E-state index in [-0.39, 0.29) is 23.3 Å². The number of hydrogen-bond acceptors (Lipinski definition) is 2. The Balaban J connectivity index is 1.73. The first kappa shape index (κ1) is 12.6. The second-order valence-corrected chi connectivity index (χ2v) is 5.60. The van der Waals surface area contributed by atoms with Gasteiger partial charge in [0.1, 0.15) is 5.82 Å². The van der Waals surface area contributed by atoms with Crippen LogP contribution in [-0.4, -0.2) is 18.0 Å². The van der Waals surface area contributed by atoms with E-state index in [1.54, 1.807) is 12.1 Å². The van der Waals surface area contributed by atoms with E-state index in [0.717, 1.165) is 37.8 Å². The predicted molar refractivity (Wildman–Crippen MR) is 71.1 cm³/mol. The fourth-order valence-corrected chi connectivity index (χ4v) is 3.18. The van der Waals surface area contributed by atoms with E-state index in [0.29, 0.717) is 0 Å². The zero-order valence-corrected chi connectivity index (χ0v) is 10.9. The number of carbonyl (C=O) groups excluding carboxylic acids is 1. The van der Waals surface area contributed by atoms with Crippen molar-refractivity contribution in [1.82, 2.24) is 10.6 Å². The summed E-state index contributed by atoms with van der Waals surface area (Å²) < 4.78 is 12.9. The van der Waals surface area contributed by atoms with Gasteiger partial charge in [0.05, 0.1) is 11.6 Å². The molecule has 2 N–H and O–H groups in total. The molecule has 1 aromatic carbocycles. The van der Waals surface area contributed by atoms with Gasteiger partial charge < -0.3 is 10.6 Å². The number of benzene rings is 1. The minimum absolute atomic E-state index is 0.0550. The standard InChI is InChI=1S/C15H19FN2O/c16-12-6-4-11(5-7-12)13-10-17-15(14(19)18-13)8-2-1-3-9-15/h4-7,13,17H,1-3,8-10H2,(H,18,19). The summed E-state index contributed by atoms with van der Waals surface area (Å²) in [7, 11) is 0. The number of halogens is 1. The summed E-state index contributed by atoms with van der Waals surface area (Å²) in [4.78, 5) is 12.4. The molecule has 4 heteroatoms. The van der Waals surface area contributed by atoms with Gasteiger partial charge in [0.15, 0.2) is 0 Å². The van der Waals surface area contributed by atoms with E-state index in [2.05, 4.69) is 10.6 Å². The third kappa shape index (κ3) is 2.37. The molecule has 1 aromatic rings. The maximum absolute atomic E-state index is 12.9. The Kier molecular flexibility index (Phi) is 3.27. The molecule has 0 bridgehead atoms. The Morgan fingerprint density at radius 2 is 1.79 bits per heavy atom. The van der Waals surface area contributed by atoms with Gasteiger partial charge >= 0.3 is 0 Å². The van der Waals surface area contributed by atoms with E-state index in [1.807, 2.05) is 0 Å². The molecule has 1 amide bonds. The van der Waals surface area contributed by atoms with Crippen LogP contribution in [0.2, 0.25) is 0 Å². The predicted octanol–water partition coefficient (Wildman–Crippen LogP) is 2.29. The van der Waals surface area contributed by atoms with Gasteiger partial charge in [-0.1, -0.05) is 31.4 Å². The molecule has 1 saturated carbocycles. The lowest BCUT2D eigenvalue weighted by molar-refractivity contribution is -0.132. The SMILES string of the molecule is O=C1NC(c2ccc(F)cc2)CNC12CCCCC2. The first-order valence-electron chi connectivity index (χ1n) is 7.01. The Labute approximate surface area is 112 Å². The molecule has 19 heavy (non-hydrogen) atoms. The van der Waals surface area contributed by atoms with Crippen LogP contribution in [0.1, 0.15) is 43.7 Å². The fraction of sp³-hybridized carbons (Fsp3) is 0.533. The van der Waals surface area contributed by atoms with Crippen molar-refractivity contribution >= 4 is 5.91 Å². The van der Waals surface area contributed by atoms with Crippen LogP contribution >= 0.6 is 0 Å². The van der Waals surface area contributed by atoms with Gasteiger partial charge in [-0.05, 0) is 30.5 Å². The maximum Gasteiger partial charge on any atom is 0.240 e. The van der Waals surface area contributed by atoms with Crippen LogP contribution in [0.15, 0.2) is 24.3 Å². The van der Waals surface area contributed by atoms with E-state index in [9.17, 15) is 9.18 Å². The van der Waals surface area contributed by atoms with E-state index in [1.165, 1.54) is 18.6 Å². The average molecular weight is 262 g/mol. The van der Waals surface area contributed by atoms with Crippen molar-refractivity contribution in [3.63, 3.8) is 0 Å². The molecule has 1 aliphatic carbocycles. The third-order valence-corrected chi connectivity index (χ3v) is 4.36. The Morgan fingerprint density at radius 3 is 2.42 bits per heavy atom. The fourth-order valence-electron chi connectivity index (χ4n) is 3.18. The van der Waals surface area contributed by atoms with Crippen LogP contribution in [0.5, 0.6) is 0 Å². The molecule has 1 spiro atoms. The molecule has 3 rings (SSSR count). The van der Waals surface area contributed by atoms with Crippen LogP contribution in [-0.2, 0) is 4.79 Å². The van der Waals surface area contributed by atoms with Gasteiger partial charge in [0.2, 0.25) is 5.91 Å². The van der Waals surface area contributed by atoms with Gasteiger partial charge in [-0.3, -0.25) is 4.79 Å². The second kappa shape index (κ2) is 4.93. The summed E-state index contributed by atoms with van der Waals surface area (Å²) in [6, 6.07) is 6.29. The van der Waals surface area contributed by atoms with Crippen LogP contribution in [0, 0.1) is 5.82 Å². The van der Waals surface area contributed by atoms with Crippen LogP contribution in [0.4, 0.5) is 4.39 Å². The van der Waals surface area contributed by atoms with Crippen LogP contribution in [0.3, 0.4) is 0 Å². The molecule has 2 aliphatic rings. The molecular weight excluding hydrogens is 243 g/mol. The van der Waals surface area contributed by atoms with Crippen molar-refractivity contribution < 1.29 is 9.18 Å². The van der Waals surface area contributed by atoms with Gasteiger partial charge in [-0.15, -0.1) is 0 Å². The van der Waals surface area contributed by atoms with Crippen molar-refractivity contribution in [2.75, 3.05) is 6.54 Å². The van der Waals surface area contributed by atoms with Crippen LogP contribution in [0.25, 0.3) is 0 Å². The minimum Gasteiger partial charge on any atom is -0.346 e. The Bertz CT molecular complexity index is 466. The highest BCUT2D eigenvalue weighted by atomic mass is 19.1. The zero-order chi connectivity index (χ0) is 13.3. The molecule has 3 nitrogen and oxygen atoms in total. The number of amides is 1. The Morgan fingerprint density at radius 1 is 1.11 bits per heavy atom. The minimum atomic E-state index is -0.352. The quantitative estimate of drug-likeness (QED) is 0.815. The van der Waals surface area contributed by atoms with Crippen molar-refractivity contribution in [3.8, 4) is 0 Å². The highest BCUT2D eigenvalue weighted by Crippen LogP contribution is 2.32. The van der Waals surface area contributed by atoms with Crippen molar-refractivity contribution in [2.24, 2.45) is 0 Å². The van der Waals surface area contributed by atoms with E-state index < -0.39 is 0 Å². The molecule has 1 heterocycles. The summed E-state index contributed by atoms with van der Waals surface area (Å²) in [6.07, 6.45) is 5.30. The van der Waals surface area contributed by atoms with E-state index >= 15 is 0 Å². The lowest BCUT2D eigenvalue weighted by atomic mass is 9.79. The monoisotopic (exact) mass is 262 g/mol. The van der Waals surface area contributed by atoms with E-state index in [4.69, 9.17) is 0 Å². The van der Waals surface area contributed by atoms with Gasteiger partial charge in [-0.2, -0.15) is 0 Å². The first-order valence-corrected chi connectivity index (χ1v) is 7.01. The molecule has 1 saturated heterocycles. The van der Waals surface area contributed by atoms with Crippen molar-refractivity contribution in [1.29, 1.82) is 0 Å². The molecule has 0 radical (unpaired) electrons. The Hall–Kier alpha value is -1.42. The third-order valence-electron chi connectivity index (χ3n) is 4.36. The second-order valence-electron chi connectivity index (χ2n) is 5.60. The summed E-state index contributed by atoms with van der Waals surface area (Å²) in [5.41, 5.74) is 0.599. The summed E-state index contributed by atoms with van der Waals surface area (Å²) in [5.74, 6) is -0.143. The molecule has 1 unspecified atom stereocenters. The number of nitrogens with one attached hydrogen (secondary N) is 2. The lowest BCUT2D eigenvalue weighted by Crippen LogP contribution is -2.64. The topological polar surface area (TPSA) is 41.1 Å². The maximum atomic E-state index is 12.9. The highest BCUT2D eigenvalue weighted by molar-refractivity contribution is 5.87. The first-order chi connectivity index (χ1) is 9.20. The highest BCUT2D eigenvalue weighted by Gasteiger charge is 2.43. The number of hydrogen-bond donors (Lipinski definition) is 2. The molecule has 0 aromatic heterocycles. The average Bonchev–Trinajstić information content (AvgIpc) is 2.44. The number of carbonyl (C=O) groups is 1. The van der Waals surface area contributed by atoms with Crippen LogP contribution < -0.4 is 10.6 Å². The van der Waals surface area contributed by atoms with Gasteiger partial charge in [-0.25, -0.2) is 4.39 Å². The molecular formula is C15H19FN2O. The normalized spacial score (nSPS) is 26.2. The molecule has 1 atom stereocenters. The number of rotatable bonds is 1. The number of piperazine rings is 1. The largest absolute Gasteiger partial charge is 0.346 e. The molecule has 102 valence electrons. The zero-order valence-electron chi connectivity index (χ0n) is 10.9. The summed E-state index contributed by atoms with van der Waals surface area (Å²) >= 11 is 0. The van der Waals surface area contributed by atoms with Gasteiger partial charge in [0.25, 0.3) is 0 Å². The lowest BCUT2D eigenvalue weighted by Gasteiger charge is -2.43. The smallest absolute Gasteiger partial charge is 0.240 e. The van der Waals surface area contributed by atoms with Gasteiger partial charge in [0, 0.05) is 6.54 Å². The van der Waals surface area contributed by atoms with Crippen molar-refractivity contribution in [2.45, 2.75) is 43.7 Å².